The summed E-state index contributed by atoms with van der Waals surface area (Å²) in [6.45, 7) is 6.74. The SMILES string of the molecule is CCOC(=O)C1=C(c2ccccc2)N=c2s/c(=C\c3ccc(OCC)c(OCC)c3)c(=O)n2[C@H]1c1ccc(Cl)cc1. The Balaban J connectivity index is 1.76. The van der Waals surface area contributed by atoms with E-state index in [1.54, 1.807) is 29.7 Å². The summed E-state index contributed by atoms with van der Waals surface area (Å²) in [5, 5.41) is 0.548. The van der Waals surface area contributed by atoms with Crippen molar-refractivity contribution in [2.45, 2.75) is 26.8 Å². The molecular formula is C32H29ClN2O5S. The average molecular weight is 589 g/mol. The van der Waals surface area contributed by atoms with Crippen molar-refractivity contribution in [1.82, 2.24) is 4.57 Å². The lowest BCUT2D eigenvalue weighted by molar-refractivity contribution is -0.138. The first-order chi connectivity index (χ1) is 19.9. The number of hydrogen-bond donors (Lipinski definition) is 0. The Kier molecular flexibility index (Phi) is 8.71. The van der Waals surface area contributed by atoms with E-state index in [0.717, 1.165) is 11.1 Å². The van der Waals surface area contributed by atoms with E-state index in [9.17, 15) is 9.59 Å². The van der Waals surface area contributed by atoms with E-state index in [1.807, 2.05) is 74.5 Å². The molecule has 0 spiro atoms. The van der Waals surface area contributed by atoms with E-state index in [0.29, 0.717) is 55.9 Å². The third-order valence-electron chi connectivity index (χ3n) is 6.42. The highest BCUT2D eigenvalue weighted by atomic mass is 35.5. The second-order valence-electron chi connectivity index (χ2n) is 9.06. The van der Waals surface area contributed by atoms with E-state index in [-0.39, 0.29) is 12.2 Å². The highest BCUT2D eigenvalue weighted by Crippen LogP contribution is 2.35. The van der Waals surface area contributed by atoms with Gasteiger partial charge < -0.3 is 14.2 Å². The largest absolute Gasteiger partial charge is 0.490 e. The predicted molar refractivity (Wildman–Crippen MR) is 161 cm³/mol. The summed E-state index contributed by atoms with van der Waals surface area (Å²) < 4.78 is 19.0. The predicted octanol–water partition coefficient (Wildman–Crippen LogP) is 5.39. The molecule has 0 fully saturated rings. The maximum atomic E-state index is 14.0. The lowest BCUT2D eigenvalue weighted by Gasteiger charge is -2.25. The van der Waals surface area contributed by atoms with Crippen LogP contribution >= 0.6 is 22.9 Å². The number of carbonyl (C=O) groups excluding carboxylic acids is 1. The molecule has 1 atom stereocenters. The zero-order valence-electron chi connectivity index (χ0n) is 22.9. The van der Waals surface area contributed by atoms with Gasteiger partial charge in [-0.2, -0.15) is 0 Å². The number of hydrogen-bond acceptors (Lipinski definition) is 7. The molecule has 1 aliphatic rings. The maximum absolute atomic E-state index is 14.0. The summed E-state index contributed by atoms with van der Waals surface area (Å²) >= 11 is 7.46. The Morgan fingerprint density at radius 3 is 2.34 bits per heavy atom. The van der Waals surface area contributed by atoms with Crippen LogP contribution in [0.3, 0.4) is 0 Å². The summed E-state index contributed by atoms with van der Waals surface area (Å²) in [4.78, 5) is 32.9. The molecule has 0 radical (unpaired) electrons. The van der Waals surface area contributed by atoms with Gasteiger partial charge in [0.05, 0.1) is 41.7 Å². The van der Waals surface area contributed by atoms with E-state index in [2.05, 4.69) is 0 Å². The molecule has 0 saturated heterocycles. The van der Waals surface area contributed by atoms with Gasteiger partial charge in [0, 0.05) is 10.6 Å². The topological polar surface area (TPSA) is 79.1 Å². The van der Waals surface area contributed by atoms with Crippen molar-refractivity contribution < 1.29 is 19.0 Å². The van der Waals surface area contributed by atoms with E-state index in [1.165, 1.54) is 11.3 Å². The highest BCUT2D eigenvalue weighted by molar-refractivity contribution is 7.07. The molecule has 0 saturated carbocycles. The number of rotatable bonds is 9. The van der Waals surface area contributed by atoms with Crippen LogP contribution in [-0.4, -0.2) is 30.4 Å². The standard InChI is InChI=1S/C32H29ClN2O5S/c1-4-38-24-17-12-20(18-25(24)39-5-2)19-26-30(36)35-29(22-13-15-23(33)16-14-22)27(31(37)40-6-3)28(34-32(35)41-26)21-10-8-7-9-11-21/h7-19,29H,4-6H2,1-3H3/b26-19-/t29-/m0/s1. The Morgan fingerprint density at radius 1 is 0.951 bits per heavy atom. The van der Waals surface area contributed by atoms with Gasteiger partial charge in [0.15, 0.2) is 16.3 Å². The van der Waals surface area contributed by atoms with Gasteiger partial charge in [-0.15, -0.1) is 0 Å². The number of carbonyl (C=O) groups is 1. The smallest absolute Gasteiger partial charge is 0.338 e. The summed E-state index contributed by atoms with van der Waals surface area (Å²) in [6, 6.07) is 21.4. The molecule has 1 aromatic heterocycles. The third-order valence-corrected chi connectivity index (χ3v) is 7.66. The molecule has 9 heteroatoms. The number of ether oxygens (including phenoxy) is 3. The molecule has 3 aromatic carbocycles. The Labute approximate surface area is 246 Å². The molecule has 0 amide bonds. The first kappa shape index (κ1) is 28.4. The van der Waals surface area contributed by atoms with Gasteiger partial charge in [0.2, 0.25) is 0 Å². The number of fused-ring (bicyclic) bond motifs is 1. The fourth-order valence-electron chi connectivity index (χ4n) is 4.71. The first-order valence-electron chi connectivity index (χ1n) is 13.4. The molecule has 5 rings (SSSR count). The van der Waals surface area contributed by atoms with Crippen LogP contribution < -0.4 is 24.4 Å². The Hall–Kier alpha value is -4.14. The second-order valence-corrected chi connectivity index (χ2v) is 10.5. The maximum Gasteiger partial charge on any atom is 0.338 e. The molecular weight excluding hydrogens is 560 g/mol. The second kappa shape index (κ2) is 12.6. The minimum Gasteiger partial charge on any atom is -0.490 e. The molecule has 210 valence electrons. The summed E-state index contributed by atoms with van der Waals surface area (Å²) in [5.41, 5.74) is 2.73. The molecule has 0 aliphatic carbocycles. The van der Waals surface area contributed by atoms with Gasteiger partial charge in [-0.3, -0.25) is 9.36 Å². The number of esters is 1. The van der Waals surface area contributed by atoms with Crippen molar-refractivity contribution in [3.05, 3.63) is 120 Å². The van der Waals surface area contributed by atoms with Gasteiger partial charge in [-0.05, 0) is 62.2 Å². The number of aromatic nitrogens is 1. The molecule has 0 unspecified atom stereocenters. The van der Waals surface area contributed by atoms with Gasteiger partial charge in [0.25, 0.3) is 5.56 Å². The van der Waals surface area contributed by atoms with Gasteiger partial charge in [0.1, 0.15) is 0 Å². The van der Waals surface area contributed by atoms with Crippen LogP contribution in [0.4, 0.5) is 0 Å². The molecule has 7 nitrogen and oxygen atoms in total. The van der Waals surface area contributed by atoms with E-state index in [4.69, 9.17) is 30.8 Å². The van der Waals surface area contributed by atoms with Crippen LogP contribution in [0.1, 0.15) is 43.5 Å². The van der Waals surface area contributed by atoms with Crippen LogP contribution in [0.15, 0.2) is 88.2 Å². The highest BCUT2D eigenvalue weighted by Gasteiger charge is 2.35. The monoisotopic (exact) mass is 588 g/mol. The van der Waals surface area contributed by atoms with Gasteiger partial charge in [-0.1, -0.05) is 71.5 Å². The number of halogens is 1. The number of benzene rings is 3. The van der Waals surface area contributed by atoms with Crippen LogP contribution in [-0.2, 0) is 9.53 Å². The van der Waals surface area contributed by atoms with Crippen molar-refractivity contribution in [1.29, 1.82) is 0 Å². The molecule has 0 N–H and O–H groups in total. The minimum absolute atomic E-state index is 0.183. The van der Waals surface area contributed by atoms with Gasteiger partial charge in [-0.25, -0.2) is 9.79 Å². The van der Waals surface area contributed by atoms with Crippen LogP contribution in [0.2, 0.25) is 5.02 Å². The lowest BCUT2D eigenvalue weighted by atomic mass is 9.93. The zero-order valence-corrected chi connectivity index (χ0v) is 24.5. The van der Waals surface area contributed by atoms with Crippen molar-refractivity contribution in [2.24, 2.45) is 4.99 Å². The van der Waals surface area contributed by atoms with Crippen LogP contribution in [0.25, 0.3) is 11.8 Å². The quantitative estimate of drug-likeness (QED) is 0.245. The van der Waals surface area contributed by atoms with Crippen molar-refractivity contribution >= 4 is 40.7 Å². The first-order valence-corrected chi connectivity index (χ1v) is 14.6. The normalized spacial score (nSPS) is 14.8. The average Bonchev–Trinajstić information content (AvgIpc) is 3.29. The van der Waals surface area contributed by atoms with E-state index >= 15 is 0 Å². The van der Waals surface area contributed by atoms with Gasteiger partial charge >= 0.3 is 5.97 Å². The minimum atomic E-state index is -0.765. The van der Waals surface area contributed by atoms with Crippen molar-refractivity contribution in [3.8, 4) is 11.5 Å². The zero-order chi connectivity index (χ0) is 28.9. The molecule has 4 aromatic rings. The lowest BCUT2D eigenvalue weighted by Crippen LogP contribution is -2.40. The Bertz CT molecular complexity index is 1780. The molecule has 0 bridgehead atoms. The fourth-order valence-corrected chi connectivity index (χ4v) is 5.84. The fraction of sp³-hybridized carbons (Fsp3) is 0.219. The molecule has 2 heterocycles. The molecule has 41 heavy (non-hydrogen) atoms. The number of nitrogens with zero attached hydrogens (tertiary/aromatic N) is 2. The number of thiazole rings is 1. The van der Waals surface area contributed by atoms with E-state index < -0.39 is 12.0 Å². The molecule has 1 aliphatic heterocycles. The summed E-state index contributed by atoms with van der Waals surface area (Å²) in [7, 11) is 0. The van der Waals surface area contributed by atoms with Crippen molar-refractivity contribution in [3.63, 3.8) is 0 Å². The summed E-state index contributed by atoms with van der Waals surface area (Å²) in [6.07, 6.45) is 1.80. The Morgan fingerprint density at radius 2 is 1.66 bits per heavy atom. The third kappa shape index (κ3) is 5.85. The van der Waals surface area contributed by atoms with Crippen LogP contribution in [0, 0.1) is 0 Å². The van der Waals surface area contributed by atoms with Crippen LogP contribution in [0.5, 0.6) is 11.5 Å². The summed E-state index contributed by atoms with van der Waals surface area (Å²) in [5.74, 6) is 0.713. The van der Waals surface area contributed by atoms with Crippen molar-refractivity contribution in [2.75, 3.05) is 19.8 Å².